The van der Waals surface area contributed by atoms with Crippen molar-refractivity contribution in [3.05, 3.63) is 0 Å². The van der Waals surface area contributed by atoms with Crippen LogP contribution in [0.5, 0.6) is 0 Å². The number of hydrogen-bond donors (Lipinski definition) is 15. The number of carbonyl (C=O) groups is 1. The van der Waals surface area contributed by atoms with Crippen LogP contribution in [-0.2, 0) is 61.6 Å². The molecule has 4 aliphatic carbocycles. The van der Waals surface area contributed by atoms with Crippen LogP contribution in [0, 0.1) is 52.3 Å². The van der Waals surface area contributed by atoms with Gasteiger partial charge in [-0.3, -0.25) is 4.79 Å². The van der Waals surface area contributed by atoms with Gasteiger partial charge in [-0.15, -0.1) is 0 Å². The van der Waals surface area contributed by atoms with Crippen molar-refractivity contribution in [3.8, 4) is 0 Å². The summed E-state index contributed by atoms with van der Waals surface area (Å²) in [6.07, 6.45) is -39.0. The van der Waals surface area contributed by atoms with E-state index in [1.54, 1.807) is 0 Å². The van der Waals surface area contributed by atoms with Gasteiger partial charge in [-0.2, -0.15) is 0 Å². The third-order valence-corrected chi connectivity index (χ3v) is 22.0. The third kappa shape index (κ3) is 10.8. The molecule has 1 spiro atoms. The number of ketones is 1. The molecule has 0 amide bonds. The van der Waals surface area contributed by atoms with Crippen LogP contribution in [0.15, 0.2) is 0 Å². The molecule has 482 valence electrons. The van der Waals surface area contributed by atoms with E-state index in [2.05, 4.69) is 20.8 Å². The first-order valence-electron chi connectivity index (χ1n) is 30.2. The zero-order chi connectivity index (χ0) is 60.4. The highest BCUT2D eigenvalue weighted by Crippen LogP contribution is 2.70. The first kappa shape index (κ1) is 64.1. The molecule has 7 heterocycles. The molecule has 0 aromatic carbocycles. The summed E-state index contributed by atoms with van der Waals surface area (Å²) in [6.45, 7) is 7.04. The summed E-state index contributed by atoms with van der Waals surface area (Å²) >= 11 is 0. The highest BCUT2D eigenvalue weighted by atomic mass is 16.8. The van der Waals surface area contributed by atoms with Crippen LogP contribution in [0.1, 0.15) is 86.0 Å². The molecule has 7 aliphatic heterocycles. The second-order valence-electron chi connectivity index (χ2n) is 26.7. The summed E-state index contributed by atoms with van der Waals surface area (Å²) in [7, 11) is 0. The van der Waals surface area contributed by atoms with Crippen molar-refractivity contribution in [2.45, 2.75) is 258 Å². The number of fused-ring (bicyclic) bond motifs is 7. The SMILES string of the molecule is C[C@H]1COC2(OC3CC4C5CCC6C[C@@H](O[C@@H]7OC(CO)[C@H](O[C@@H]8OC(CO)[C@@H](O)C(O[C@@H]9OC[C@@H](O)C(OC%10O[C@H](C)[C@@H](O)[C@H](O)[C@@H]%10O)[C@@H]9O)[C@@H]8O[C@@H]8OC(CO)[C@@H](O)C(O)[C@@H]8O)C(O)[C@@H]7O)CC[C@]6(C)C5CC(=O)[C@]4(C)C3[C@@H]2C)[C@@H](O)C1. The molecule has 28 nitrogen and oxygen atoms in total. The van der Waals surface area contributed by atoms with Crippen molar-refractivity contribution in [3.63, 3.8) is 0 Å². The number of rotatable bonds is 13. The number of hydrogen-bond acceptors (Lipinski definition) is 28. The minimum absolute atomic E-state index is 0.0835. The number of carbonyl (C=O) groups excluding carboxylic acids is 1. The Morgan fingerprint density at radius 2 is 1.13 bits per heavy atom. The number of aliphatic hydroxyl groups excluding tert-OH is 15. The van der Waals surface area contributed by atoms with Crippen LogP contribution in [-0.4, -0.2) is 287 Å². The fourth-order valence-electron chi connectivity index (χ4n) is 17.1. The zero-order valence-electron chi connectivity index (χ0n) is 47.8. The Kier molecular flexibility index (Phi) is 18.8. The molecule has 0 radical (unpaired) electrons. The second-order valence-corrected chi connectivity index (χ2v) is 26.7. The second kappa shape index (κ2) is 24.7. The van der Waals surface area contributed by atoms with Gasteiger partial charge in [-0.05, 0) is 86.9 Å². The van der Waals surface area contributed by atoms with E-state index in [1.807, 2.05) is 6.92 Å². The van der Waals surface area contributed by atoms with Crippen molar-refractivity contribution >= 4 is 5.78 Å². The molecule has 0 bridgehead atoms. The molecular weight excluding hydrogens is 1120 g/mol. The highest BCUT2D eigenvalue weighted by Gasteiger charge is 2.73. The Labute approximate surface area is 485 Å². The van der Waals surface area contributed by atoms with E-state index in [0.717, 1.165) is 19.3 Å². The smallest absolute Gasteiger partial charge is 0.197 e. The van der Waals surface area contributed by atoms with E-state index in [-0.39, 0.29) is 58.7 Å². The molecule has 0 aromatic rings. The number of ether oxygens (including phenoxy) is 12. The number of aliphatic hydroxyl groups is 15. The van der Waals surface area contributed by atoms with E-state index in [9.17, 15) is 81.4 Å². The predicted molar refractivity (Wildman–Crippen MR) is 275 cm³/mol. The maximum absolute atomic E-state index is 14.8. The van der Waals surface area contributed by atoms with Crippen LogP contribution in [0.3, 0.4) is 0 Å². The van der Waals surface area contributed by atoms with Crippen molar-refractivity contribution in [2.75, 3.05) is 33.0 Å². The van der Waals surface area contributed by atoms with Crippen LogP contribution in [0.25, 0.3) is 0 Å². The van der Waals surface area contributed by atoms with Crippen molar-refractivity contribution in [2.24, 2.45) is 52.3 Å². The van der Waals surface area contributed by atoms with E-state index in [0.29, 0.717) is 38.7 Å². The number of Topliss-reactive ketones (excluding diaryl/α,β-unsaturated/α-hetero) is 1. The van der Waals surface area contributed by atoms with Gasteiger partial charge < -0.3 is 133 Å². The Morgan fingerprint density at radius 1 is 0.536 bits per heavy atom. The van der Waals surface area contributed by atoms with Crippen molar-refractivity contribution < 1.29 is 138 Å². The summed E-state index contributed by atoms with van der Waals surface area (Å²) < 4.78 is 72.9. The monoisotopic (exact) mass is 1210 g/mol. The fourth-order valence-corrected chi connectivity index (χ4v) is 17.1. The van der Waals surface area contributed by atoms with Crippen molar-refractivity contribution in [1.82, 2.24) is 0 Å². The van der Waals surface area contributed by atoms with Crippen molar-refractivity contribution in [1.29, 1.82) is 0 Å². The van der Waals surface area contributed by atoms with Gasteiger partial charge in [-0.25, -0.2) is 0 Å². The maximum Gasteiger partial charge on any atom is 0.197 e. The maximum atomic E-state index is 14.8. The topological polar surface area (TPSA) is 431 Å². The molecule has 11 fully saturated rings. The summed E-state index contributed by atoms with van der Waals surface area (Å²) in [5, 5.41) is 165. The predicted octanol–water partition coefficient (Wildman–Crippen LogP) is -5.27. The lowest BCUT2D eigenvalue weighted by atomic mass is 9.44. The summed E-state index contributed by atoms with van der Waals surface area (Å²) in [6, 6.07) is 0. The van der Waals surface area contributed by atoms with Gasteiger partial charge in [0.2, 0.25) is 0 Å². The molecular formula is C56H90O28. The average molecular weight is 1210 g/mol. The largest absolute Gasteiger partial charge is 0.394 e. The standard InChI is InChI=1S/C56H90O28/c1-19-10-33(62)56(74-17-19)20(2)34-28(84-56)12-26-24-7-6-22-11-23(8-9-54(22,4)25(24)13-32(61)55(26,34)5)76-51-43(71)40(68)46(31(16-59)79-51)81-53-48(83-52-42(70)39(67)36(64)29(14-57)77-52)47(37(65)30(15-58)78-53)82-49-44(72)45(27(60)18-73-49)80-50-41(69)38(66)35(63)21(3)75-50/h19-31,33-53,57-60,62-72H,6-18H2,1-5H3/t19-,20+,21-,22?,23+,24?,25?,26?,27-,28?,29?,30?,31?,33+,34?,35-,36-,37-,38+,39?,40?,41+,42+,43+,44+,45?,46+,47?,48+,49+,50?,51-,52+,53+,54+,55-,56?/m1/s1. The van der Waals surface area contributed by atoms with Gasteiger partial charge in [0.15, 0.2) is 37.2 Å². The molecule has 37 atom stereocenters. The average Bonchev–Trinajstić information content (AvgIpc) is 1.55. The first-order valence-corrected chi connectivity index (χ1v) is 30.2. The van der Waals surface area contributed by atoms with Crippen LogP contribution >= 0.6 is 0 Å². The molecule has 11 rings (SSSR count). The van der Waals surface area contributed by atoms with Crippen LogP contribution < -0.4 is 0 Å². The van der Waals surface area contributed by atoms with E-state index < -0.39 is 197 Å². The molecule has 11 aliphatic rings. The normalized spacial score (nSPS) is 57.7. The minimum atomic E-state index is -2.08. The molecule has 0 aromatic heterocycles. The van der Waals surface area contributed by atoms with Gasteiger partial charge in [-0.1, -0.05) is 27.7 Å². The minimum Gasteiger partial charge on any atom is -0.394 e. The van der Waals surface area contributed by atoms with Crippen LogP contribution in [0.2, 0.25) is 0 Å². The quantitative estimate of drug-likeness (QED) is 0.0766. The molecule has 4 saturated carbocycles. The third-order valence-electron chi connectivity index (χ3n) is 22.0. The van der Waals surface area contributed by atoms with Gasteiger partial charge in [0.05, 0.1) is 51.3 Å². The fraction of sp³-hybridized carbons (Fsp3) is 0.982. The summed E-state index contributed by atoms with van der Waals surface area (Å²) in [5.41, 5.74) is -0.851. The van der Waals surface area contributed by atoms with Gasteiger partial charge in [0.1, 0.15) is 122 Å². The van der Waals surface area contributed by atoms with Gasteiger partial charge in [0, 0.05) is 23.7 Å². The Balaban J connectivity index is 0.777. The zero-order valence-corrected chi connectivity index (χ0v) is 47.8. The highest BCUT2D eigenvalue weighted by molar-refractivity contribution is 5.87. The van der Waals surface area contributed by atoms with Gasteiger partial charge in [0.25, 0.3) is 0 Å². The summed E-state index contributed by atoms with van der Waals surface area (Å²) in [5.74, 6) is -0.331. The summed E-state index contributed by atoms with van der Waals surface area (Å²) in [4.78, 5) is 14.8. The van der Waals surface area contributed by atoms with Crippen LogP contribution in [0.4, 0.5) is 0 Å². The molecule has 7 saturated heterocycles. The molecule has 28 heteroatoms. The van der Waals surface area contributed by atoms with E-state index >= 15 is 0 Å². The van der Waals surface area contributed by atoms with E-state index in [4.69, 9.17) is 56.8 Å². The first-order chi connectivity index (χ1) is 39.8. The molecule has 15 N–H and O–H groups in total. The Hall–Kier alpha value is -1.41. The molecule has 84 heavy (non-hydrogen) atoms. The Morgan fingerprint density at radius 3 is 1.82 bits per heavy atom. The Bertz CT molecular complexity index is 2260. The lowest BCUT2D eigenvalue weighted by molar-refractivity contribution is -0.406. The van der Waals surface area contributed by atoms with E-state index in [1.165, 1.54) is 6.92 Å². The molecule has 15 unspecified atom stereocenters. The lowest BCUT2D eigenvalue weighted by Gasteiger charge is -2.61. The lowest BCUT2D eigenvalue weighted by Crippen LogP contribution is -2.68. The van der Waals surface area contributed by atoms with Gasteiger partial charge >= 0.3 is 0 Å².